The van der Waals surface area contributed by atoms with E-state index in [1.165, 1.54) is 0 Å². The van der Waals surface area contributed by atoms with E-state index in [-0.39, 0.29) is 24.5 Å². The summed E-state index contributed by atoms with van der Waals surface area (Å²) in [5, 5.41) is 2.79. The van der Waals surface area contributed by atoms with Gasteiger partial charge in [-0.25, -0.2) is 4.79 Å². The molecule has 22 heavy (non-hydrogen) atoms. The van der Waals surface area contributed by atoms with Crippen LogP contribution in [0.5, 0.6) is 5.75 Å². The number of amides is 2. The van der Waals surface area contributed by atoms with E-state index in [1.54, 1.807) is 4.90 Å². The van der Waals surface area contributed by atoms with Crippen molar-refractivity contribution in [2.45, 2.75) is 31.4 Å². The van der Waals surface area contributed by atoms with Gasteiger partial charge in [-0.15, -0.1) is 0 Å². The molecule has 0 bridgehead atoms. The van der Waals surface area contributed by atoms with E-state index in [0.717, 1.165) is 18.6 Å². The smallest absolute Gasteiger partial charge is 0.410 e. The van der Waals surface area contributed by atoms with Gasteiger partial charge < -0.3 is 19.7 Å². The van der Waals surface area contributed by atoms with Gasteiger partial charge in [0, 0.05) is 6.04 Å². The second-order valence-electron chi connectivity index (χ2n) is 5.60. The molecule has 0 aromatic heterocycles. The quantitative estimate of drug-likeness (QED) is 0.830. The summed E-state index contributed by atoms with van der Waals surface area (Å²) in [5.41, 5.74) is 0. The first-order chi connectivity index (χ1) is 10.7. The predicted molar refractivity (Wildman–Crippen MR) is 79.6 cm³/mol. The second-order valence-corrected chi connectivity index (χ2v) is 5.60. The molecular weight excluding hydrogens is 284 g/mol. The van der Waals surface area contributed by atoms with Crippen molar-refractivity contribution in [2.24, 2.45) is 0 Å². The molecule has 1 saturated carbocycles. The van der Waals surface area contributed by atoms with Gasteiger partial charge >= 0.3 is 6.09 Å². The van der Waals surface area contributed by atoms with Crippen molar-refractivity contribution in [1.82, 2.24) is 10.2 Å². The Bertz CT molecular complexity index is 530. The molecule has 1 aliphatic carbocycles. The molecule has 6 heteroatoms. The number of para-hydroxylation sites is 1. The summed E-state index contributed by atoms with van der Waals surface area (Å²) in [6.07, 6.45) is 1.90. The fraction of sp³-hybridized carbons (Fsp3) is 0.500. The molecule has 0 radical (unpaired) electrons. The number of benzene rings is 1. The van der Waals surface area contributed by atoms with Crippen LogP contribution in [-0.2, 0) is 9.53 Å². The number of carbonyl (C=O) groups is 2. The summed E-state index contributed by atoms with van der Waals surface area (Å²) < 4.78 is 10.7. The number of hydrogen-bond acceptors (Lipinski definition) is 4. The van der Waals surface area contributed by atoms with Crippen LogP contribution in [0.1, 0.15) is 19.3 Å². The number of nitrogens with zero attached hydrogens (tertiary/aromatic N) is 1. The average molecular weight is 304 g/mol. The summed E-state index contributed by atoms with van der Waals surface area (Å²) in [5.74, 6) is 0.650. The van der Waals surface area contributed by atoms with Crippen molar-refractivity contribution in [3.05, 3.63) is 30.3 Å². The standard InChI is InChI=1S/C16H20N2O4/c19-15(8-9-21-13-4-2-1-3-5-13)17-10-14-11-18(12-6-7-12)16(20)22-14/h1-5,12,14H,6-11H2,(H,17,19). The van der Waals surface area contributed by atoms with Gasteiger partial charge in [0.25, 0.3) is 0 Å². The molecule has 2 amide bonds. The van der Waals surface area contributed by atoms with Crippen LogP contribution in [0.15, 0.2) is 30.3 Å². The highest BCUT2D eigenvalue weighted by molar-refractivity contribution is 5.76. The van der Waals surface area contributed by atoms with Crippen LogP contribution in [-0.4, -0.2) is 48.7 Å². The average Bonchev–Trinajstić information content (AvgIpc) is 3.30. The number of ether oxygens (including phenoxy) is 2. The molecule has 0 spiro atoms. The fourth-order valence-corrected chi connectivity index (χ4v) is 2.43. The Morgan fingerprint density at radius 3 is 2.82 bits per heavy atom. The normalized spacial score (nSPS) is 20.6. The van der Waals surface area contributed by atoms with Gasteiger partial charge in [0.1, 0.15) is 11.9 Å². The highest BCUT2D eigenvalue weighted by Crippen LogP contribution is 2.30. The first-order valence-corrected chi connectivity index (χ1v) is 7.64. The lowest BCUT2D eigenvalue weighted by Crippen LogP contribution is -2.35. The van der Waals surface area contributed by atoms with E-state index >= 15 is 0 Å². The third kappa shape index (κ3) is 3.90. The van der Waals surface area contributed by atoms with E-state index in [1.807, 2.05) is 30.3 Å². The van der Waals surface area contributed by atoms with Gasteiger partial charge in [0.2, 0.25) is 5.91 Å². The molecule has 1 atom stereocenters. The molecule has 3 rings (SSSR count). The lowest BCUT2D eigenvalue weighted by molar-refractivity contribution is -0.121. The van der Waals surface area contributed by atoms with Crippen molar-refractivity contribution in [3.63, 3.8) is 0 Å². The largest absolute Gasteiger partial charge is 0.493 e. The van der Waals surface area contributed by atoms with Crippen molar-refractivity contribution >= 4 is 12.0 Å². The molecule has 1 unspecified atom stereocenters. The maximum atomic E-state index is 11.8. The number of nitrogens with one attached hydrogen (secondary N) is 1. The Labute approximate surface area is 129 Å². The number of hydrogen-bond donors (Lipinski definition) is 1. The number of rotatable bonds is 7. The Morgan fingerprint density at radius 2 is 2.09 bits per heavy atom. The molecule has 1 saturated heterocycles. The van der Waals surface area contributed by atoms with Crippen LogP contribution in [0.4, 0.5) is 4.79 Å². The van der Waals surface area contributed by atoms with Gasteiger partial charge in [-0.2, -0.15) is 0 Å². The second kappa shape index (κ2) is 6.68. The first kappa shape index (κ1) is 14.7. The summed E-state index contributed by atoms with van der Waals surface area (Å²) in [7, 11) is 0. The minimum Gasteiger partial charge on any atom is -0.493 e. The molecule has 1 heterocycles. The van der Waals surface area contributed by atoms with Gasteiger partial charge in [-0.1, -0.05) is 18.2 Å². The lowest BCUT2D eigenvalue weighted by Gasteiger charge is -2.11. The summed E-state index contributed by atoms with van der Waals surface area (Å²) >= 11 is 0. The number of carbonyl (C=O) groups excluding carboxylic acids is 2. The molecule has 2 aliphatic rings. The molecule has 1 aromatic carbocycles. The van der Waals surface area contributed by atoms with Crippen LogP contribution < -0.4 is 10.1 Å². The minimum atomic E-state index is -0.255. The summed E-state index contributed by atoms with van der Waals surface area (Å²) in [6, 6.07) is 9.73. The van der Waals surface area contributed by atoms with E-state index in [4.69, 9.17) is 9.47 Å². The number of cyclic esters (lactones) is 1. The Morgan fingerprint density at radius 1 is 1.32 bits per heavy atom. The maximum Gasteiger partial charge on any atom is 0.410 e. The summed E-state index contributed by atoms with van der Waals surface area (Å²) in [6.45, 7) is 1.26. The molecule has 2 fully saturated rings. The van der Waals surface area contributed by atoms with E-state index < -0.39 is 0 Å². The van der Waals surface area contributed by atoms with Crippen LogP contribution in [0.2, 0.25) is 0 Å². The maximum absolute atomic E-state index is 11.8. The van der Waals surface area contributed by atoms with Gasteiger partial charge in [-0.3, -0.25) is 4.79 Å². The Kier molecular flexibility index (Phi) is 4.46. The summed E-state index contributed by atoms with van der Waals surface area (Å²) in [4.78, 5) is 25.1. The molecule has 118 valence electrons. The highest BCUT2D eigenvalue weighted by Gasteiger charge is 2.40. The van der Waals surface area contributed by atoms with E-state index in [0.29, 0.717) is 25.7 Å². The monoisotopic (exact) mass is 304 g/mol. The molecular formula is C16H20N2O4. The Hall–Kier alpha value is -2.24. The van der Waals surface area contributed by atoms with E-state index in [2.05, 4.69) is 5.32 Å². The molecule has 6 nitrogen and oxygen atoms in total. The molecule has 1 aromatic rings. The van der Waals surface area contributed by atoms with Crippen molar-refractivity contribution in [1.29, 1.82) is 0 Å². The Balaban J connectivity index is 1.32. The van der Waals surface area contributed by atoms with Gasteiger partial charge in [0.05, 0.1) is 26.1 Å². The van der Waals surface area contributed by atoms with Crippen LogP contribution in [0.25, 0.3) is 0 Å². The van der Waals surface area contributed by atoms with E-state index in [9.17, 15) is 9.59 Å². The fourth-order valence-electron chi connectivity index (χ4n) is 2.43. The lowest BCUT2D eigenvalue weighted by atomic mass is 10.3. The zero-order valence-electron chi connectivity index (χ0n) is 12.4. The molecule has 1 aliphatic heterocycles. The highest BCUT2D eigenvalue weighted by atomic mass is 16.6. The van der Waals surface area contributed by atoms with Crippen molar-refractivity contribution < 1.29 is 19.1 Å². The SMILES string of the molecule is O=C(CCOc1ccccc1)NCC1CN(C2CC2)C(=O)O1. The van der Waals surface area contributed by atoms with Crippen molar-refractivity contribution in [3.8, 4) is 5.75 Å². The van der Waals surface area contributed by atoms with Gasteiger partial charge in [-0.05, 0) is 25.0 Å². The zero-order valence-corrected chi connectivity index (χ0v) is 12.4. The minimum absolute atomic E-state index is 0.100. The van der Waals surface area contributed by atoms with Crippen LogP contribution in [0, 0.1) is 0 Å². The molecule has 1 N–H and O–H groups in total. The first-order valence-electron chi connectivity index (χ1n) is 7.64. The van der Waals surface area contributed by atoms with Crippen molar-refractivity contribution in [2.75, 3.05) is 19.7 Å². The van der Waals surface area contributed by atoms with Crippen LogP contribution >= 0.6 is 0 Å². The zero-order chi connectivity index (χ0) is 15.4. The van der Waals surface area contributed by atoms with Gasteiger partial charge in [0.15, 0.2) is 0 Å². The predicted octanol–water partition coefficient (Wildman–Crippen LogP) is 1.55. The third-order valence-electron chi connectivity index (χ3n) is 3.76. The van der Waals surface area contributed by atoms with Crippen LogP contribution in [0.3, 0.4) is 0 Å². The third-order valence-corrected chi connectivity index (χ3v) is 3.76. The topological polar surface area (TPSA) is 67.9 Å².